The lowest BCUT2D eigenvalue weighted by molar-refractivity contribution is 0.122. The van der Waals surface area contributed by atoms with Gasteiger partial charge in [-0.3, -0.25) is 0 Å². The lowest BCUT2D eigenvalue weighted by Gasteiger charge is -2.11. The van der Waals surface area contributed by atoms with Crippen LogP contribution in [0.2, 0.25) is 0 Å². The van der Waals surface area contributed by atoms with E-state index in [1.165, 1.54) is 22.1 Å². The number of hydrogen-bond acceptors (Lipinski definition) is 7. The minimum atomic E-state index is -1.36. The molecule has 4 aromatic rings. The van der Waals surface area contributed by atoms with Gasteiger partial charge in [0.25, 0.3) is 0 Å². The van der Waals surface area contributed by atoms with Crippen LogP contribution in [0.3, 0.4) is 0 Å². The number of aromatic amines is 1. The summed E-state index contributed by atoms with van der Waals surface area (Å²) < 4.78 is 1.40. The first-order valence-corrected chi connectivity index (χ1v) is 8.81. The normalized spacial score (nSPS) is 13.1. The SMILES string of the molecule is CC(O)(C#Cc1ccc2[nH]c(=O)n(-c3ccnc(N)n3)c2c1)c1nccs1. The van der Waals surface area contributed by atoms with Crippen molar-refractivity contribution in [1.82, 2.24) is 24.5 Å². The largest absolute Gasteiger partial charge is 0.371 e. The highest BCUT2D eigenvalue weighted by atomic mass is 32.1. The van der Waals surface area contributed by atoms with Crippen LogP contribution in [0.25, 0.3) is 16.9 Å². The molecule has 134 valence electrons. The molecule has 0 aliphatic rings. The summed E-state index contributed by atoms with van der Waals surface area (Å²) in [5.74, 6) is 6.21. The number of aromatic nitrogens is 5. The zero-order valence-corrected chi connectivity index (χ0v) is 15.0. The van der Waals surface area contributed by atoms with Crippen LogP contribution >= 0.6 is 11.3 Å². The van der Waals surface area contributed by atoms with Crippen LogP contribution in [0.1, 0.15) is 17.5 Å². The van der Waals surface area contributed by atoms with Gasteiger partial charge in [0.2, 0.25) is 5.95 Å². The summed E-state index contributed by atoms with van der Waals surface area (Å²) in [7, 11) is 0. The first-order valence-electron chi connectivity index (χ1n) is 7.93. The van der Waals surface area contributed by atoms with Gasteiger partial charge in [-0.1, -0.05) is 11.8 Å². The van der Waals surface area contributed by atoms with Crippen molar-refractivity contribution in [2.45, 2.75) is 12.5 Å². The van der Waals surface area contributed by atoms with Crippen molar-refractivity contribution in [3.63, 3.8) is 0 Å². The number of fused-ring (bicyclic) bond motifs is 1. The van der Waals surface area contributed by atoms with Gasteiger partial charge in [0.05, 0.1) is 11.0 Å². The molecular weight excluding hydrogens is 364 g/mol. The highest BCUT2D eigenvalue weighted by Crippen LogP contribution is 2.22. The second kappa shape index (κ2) is 6.35. The molecule has 0 aliphatic carbocycles. The molecule has 3 aromatic heterocycles. The van der Waals surface area contributed by atoms with E-state index in [1.54, 1.807) is 42.8 Å². The number of thiazole rings is 1. The average Bonchev–Trinajstić information content (AvgIpc) is 3.27. The van der Waals surface area contributed by atoms with E-state index in [9.17, 15) is 9.90 Å². The van der Waals surface area contributed by atoms with Crippen molar-refractivity contribution in [2.24, 2.45) is 0 Å². The van der Waals surface area contributed by atoms with Gasteiger partial charge in [-0.05, 0) is 25.1 Å². The fourth-order valence-electron chi connectivity index (χ4n) is 2.61. The van der Waals surface area contributed by atoms with Crippen molar-refractivity contribution in [2.75, 3.05) is 5.73 Å². The highest BCUT2D eigenvalue weighted by molar-refractivity contribution is 7.09. The van der Waals surface area contributed by atoms with Gasteiger partial charge in [0.1, 0.15) is 10.8 Å². The molecule has 0 spiro atoms. The maximum Gasteiger partial charge on any atom is 0.332 e. The fourth-order valence-corrected chi connectivity index (χ4v) is 3.26. The van der Waals surface area contributed by atoms with E-state index in [-0.39, 0.29) is 11.6 Å². The lowest BCUT2D eigenvalue weighted by Crippen LogP contribution is -2.18. The first kappa shape index (κ1) is 17.0. The quantitative estimate of drug-likeness (QED) is 0.453. The highest BCUT2D eigenvalue weighted by Gasteiger charge is 2.22. The van der Waals surface area contributed by atoms with Gasteiger partial charge in [0, 0.05) is 29.4 Å². The Morgan fingerprint density at radius 3 is 2.89 bits per heavy atom. The number of nitrogens with two attached hydrogens (primary N) is 1. The average molecular weight is 378 g/mol. The van der Waals surface area contributed by atoms with Crippen LogP contribution in [0.4, 0.5) is 5.95 Å². The number of imidazole rings is 1. The number of nitrogens with zero attached hydrogens (tertiary/aromatic N) is 4. The number of benzene rings is 1. The van der Waals surface area contributed by atoms with Crippen LogP contribution in [-0.4, -0.2) is 29.6 Å². The molecule has 9 heteroatoms. The van der Waals surface area contributed by atoms with Crippen molar-refractivity contribution < 1.29 is 5.11 Å². The predicted molar refractivity (Wildman–Crippen MR) is 102 cm³/mol. The summed E-state index contributed by atoms with van der Waals surface area (Å²) in [4.78, 5) is 27.2. The maximum atomic E-state index is 12.4. The monoisotopic (exact) mass is 378 g/mol. The number of nitrogens with one attached hydrogen (secondary N) is 1. The lowest BCUT2D eigenvalue weighted by atomic mass is 10.1. The Hall–Kier alpha value is -3.48. The molecular formula is C18H14N6O2S. The van der Waals surface area contributed by atoms with Gasteiger partial charge >= 0.3 is 5.69 Å². The van der Waals surface area contributed by atoms with Crippen LogP contribution in [-0.2, 0) is 5.60 Å². The number of H-pyrrole nitrogens is 1. The van der Waals surface area contributed by atoms with Gasteiger partial charge in [-0.15, -0.1) is 11.3 Å². The molecule has 0 saturated carbocycles. The molecule has 8 nitrogen and oxygen atoms in total. The molecule has 0 bridgehead atoms. The van der Waals surface area contributed by atoms with Crippen molar-refractivity contribution in [1.29, 1.82) is 0 Å². The summed E-state index contributed by atoms with van der Waals surface area (Å²) in [6, 6.07) is 6.86. The fraction of sp³-hybridized carbons (Fsp3) is 0.111. The smallest absolute Gasteiger partial charge is 0.332 e. The van der Waals surface area contributed by atoms with Crippen LogP contribution < -0.4 is 11.4 Å². The van der Waals surface area contributed by atoms with Gasteiger partial charge in [0.15, 0.2) is 5.60 Å². The van der Waals surface area contributed by atoms with E-state index >= 15 is 0 Å². The summed E-state index contributed by atoms with van der Waals surface area (Å²) in [5, 5.41) is 12.8. The standard InChI is InChI=1S/C18H14N6O2S/c1-18(26,15-20-8-9-27-15)6-4-11-2-3-12-13(10-11)24(17(25)22-12)14-5-7-21-16(19)23-14/h2-3,5,7-10,26H,1H3,(H,22,25)(H2,19,21,23). The van der Waals surface area contributed by atoms with Crippen LogP contribution in [0.5, 0.6) is 0 Å². The summed E-state index contributed by atoms with van der Waals surface area (Å²) in [6.45, 7) is 1.59. The third-order valence-corrected chi connectivity index (χ3v) is 4.85. The van der Waals surface area contributed by atoms with Crippen LogP contribution in [0, 0.1) is 11.8 Å². The topological polar surface area (TPSA) is 123 Å². The molecule has 0 aliphatic heterocycles. The molecule has 1 unspecified atom stereocenters. The van der Waals surface area contributed by atoms with Gasteiger partial charge in [-0.25, -0.2) is 19.3 Å². The predicted octanol–water partition coefficient (Wildman–Crippen LogP) is 1.41. The third kappa shape index (κ3) is 3.19. The number of anilines is 1. The Morgan fingerprint density at radius 1 is 1.30 bits per heavy atom. The summed E-state index contributed by atoms with van der Waals surface area (Å²) >= 11 is 1.33. The summed E-state index contributed by atoms with van der Waals surface area (Å²) in [6.07, 6.45) is 3.10. The molecule has 0 amide bonds. The molecule has 0 saturated heterocycles. The van der Waals surface area contributed by atoms with Crippen molar-refractivity contribution in [3.8, 4) is 17.7 Å². The van der Waals surface area contributed by atoms with Gasteiger partial charge in [-0.2, -0.15) is 4.98 Å². The summed E-state index contributed by atoms with van der Waals surface area (Å²) in [5.41, 5.74) is 5.79. The Balaban J connectivity index is 1.81. The minimum Gasteiger partial charge on any atom is -0.371 e. The van der Waals surface area contributed by atoms with E-state index < -0.39 is 5.60 Å². The molecule has 27 heavy (non-hydrogen) atoms. The van der Waals surface area contributed by atoms with E-state index in [2.05, 4.69) is 31.8 Å². The second-order valence-corrected chi connectivity index (χ2v) is 6.82. The van der Waals surface area contributed by atoms with Crippen molar-refractivity contribution in [3.05, 3.63) is 63.1 Å². The van der Waals surface area contributed by atoms with E-state index in [4.69, 9.17) is 5.73 Å². The molecule has 0 fully saturated rings. The van der Waals surface area contributed by atoms with Crippen molar-refractivity contribution >= 4 is 28.3 Å². The van der Waals surface area contributed by atoms with Gasteiger partial charge < -0.3 is 15.8 Å². The van der Waals surface area contributed by atoms with E-state index in [1.807, 2.05) is 0 Å². The zero-order chi connectivity index (χ0) is 19.0. The molecule has 4 N–H and O–H groups in total. The number of rotatable bonds is 2. The molecule has 4 rings (SSSR count). The van der Waals surface area contributed by atoms with Crippen LogP contribution in [0.15, 0.2) is 46.8 Å². The number of hydrogen-bond donors (Lipinski definition) is 3. The van der Waals surface area contributed by atoms with E-state index in [0.29, 0.717) is 27.4 Å². The molecule has 1 atom stereocenters. The molecule has 0 radical (unpaired) electrons. The van der Waals surface area contributed by atoms with E-state index in [0.717, 1.165) is 0 Å². The molecule has 1 aromatic carbocycles. The molecule has 3 heterocycles. The number of aliphatic hydroxyl groups is 1. The number of nitrogen functional groups attached to an aromatic ring is 1. The second-order valence-electron chi connectivity index (χ2n) is 5.93. The Labute approximate surface area is 157 Å². The Morgan fingerprint density at radius 2 is 2.15 bits per heavy atom. The first-order chi connectivity index (χ1) is 12.9. The third-order valence-electron chi connectivity index (χ3n) is 3.87. The minimum absolute atomic E-state index is 0.0733. The zero-order valence-electron chi connectivity index (χ0n) is 14.2. The Kier molecular flexibility index (Phi) is 3.99. The Bertz CT molecular complexity index is 1240. The maximum absolute atomic E-state index is 12.4.